The summed E-state index contributed by atoms with van der Waals surface area (Å²) in [7, 11) is 0. The summed E-state index contributed by atoms with van der Waals surface area (Å²) in [6, 6.07) is 8.06. The monoisotopic (exact) mass is 274 g/mol. The summed E-state index contributed by atoms with van der Waals surface area (Å²) in [4.78, 5) is 2.34. The quantitative estimate of drug-likeness (QED) is 0.870. The second-order valence-corrected chi connectivity index (χ2v) is 5.95. The summed E-state index contributed by atoms with van der Waals surface area (Å²) in [5, 5.41) is 10.8. The maximum Gasteiger partial charge on any atom is 0.208 e. The summed E-state index contributed by atoms with van der Waals surface area (Å²) in [5.41, 5.74) is 7.80. The minimum absolute atomic E-state index is 0.816. The number of benzene rings is 1. The number of aryl methyl sites for hydroxylation is 2. The third-order valence-electron chi connectivity index (χ3n) is 3.44. The number of aromatic nitrogens is 2. The standard InChI is InChI=1S/C14H18N4S/c15-12-6-3-11(4-7-12)5-8-13-16-17-14(19-13)18-9-1-2-10-18/h3-4,6-7H,1-2,5,8-10,15H2. The Hall–Kier alpha value is -1.62. The minimum atomic E-state index is 0.816. The van der Waals surface area contributed by atoms with Gasteiger partial charge in [0.15, 0.2) is 0 Å². The first-order chi connectivity index (χ1) is 9.31. The van der Waals surface area contributed by atoms with Crippen molar-refractivity contribution in [3.63, 3.8) is 0 Å². The molecule has 0 unspecified atom stereocenters. The van der Waals surface area contributed by atoms with Crippen LogP contribution in [0.3, 0.4) is 0 Å². The SMILES string of the molecule is Nc1ccc(CCc2nnc(N3CCCC3)s2)cc1. The van der Waals surface area contributed by atoms with E-state index in [1.165, 1.54) is 18.4 Å². The van der Waals surface area contributed by atoms with Gasteiger partial charge in [0.2, 0.25) is 5.13 Å². The first-order valence-corrected chi connectivity index (χ1v) is 7.55. The lowest BCUT2D eigenvalue weighted by molar-refractivity contribution is 0.883. The van der Waals surface area contributed by atoms with Crippen molar-refractivity contribution in [1.82, 2.24) is 10.2 Å². The molecule has 0 radical (unpaired) electrons. The van der Waals surface area contributed by atoms with Crippen LogP contribution in [0.25, 0.3) is 0 Å². The Morgan fingerprint density at radius 1 is 1.05 bits per heavy atom. The topological polar surface area (TPSA) is 55.0 Å². The van der Waals surface area contributed by atoms with Crippen LogP contribution in [0, 0.1) is 0 Å². The highest BCUT2D eigenvalue weighted by atomic mass is 32.1. The zero-order valence-electron chi connectivity index (χ0n) is 10.9. The average molecular weight is 274 g/mol. The smallest absolute Gasteiger partial charge is 0.208 e. The molecule has 2 N–H and O–H groups in total. The highest BCUT2D eigenvalue weighted by Gasteiger charge is 2.16. The van der Waals surface area contributed by atoms with E-state index in [4.69, 9.17) is 5.73 Å². The molecule has 0 spiro atoms. The van der Waals surface area contributed by atoms with Gasteiger partial charge in [-0.25, -0.2) is 0 Å². The zero-order valence-corrected chi connectivity index (χ0v) is 11.7. The van der Waals surface area contributed by atoms with Gasteiger partial charge in [-0.15, -0.1) is 10.2 Å². The van der Waals surface area contributed by atoms with Gasteiger partial charge >= 0.3 is 0 Å². The zero-order chi connectivity index (χ0) is 13.1. The molecule has 100 valence electrons. The minimum Gasteiger partial charge on any atom is -0.399 e. The van der Waals surface area contributed by atoms with Gasteiger partial charge in [0.25, 0.3) is 0 Å². The lowest BCUT2D eigenvalue weighted by Gasteiger charge is -2.10. The van der Waals surface area contributed by atoms with Crippen molar-refractivity contribution in [2.24, 2.45) is 0 Å². The molecule has 1 saturated heterocycles. The van der Waals surface area contributed by atoms with Crippen molar-refractivity contribution in [3.05, 3.63) is 34.8 Å². The predicted octanol–water partition coefficient (Wildman–Crippen LogP) is 2.51. The Bertz CT molecular complexity index is 529. The van der Waals surface area contributed by atoms with Crippen molar-refractivity contribution < 1.29 is 0 Å². The third kappa shape index (κ3) is 3.04. The molecule has 1 aromatic carbocycles. The number of hydrogen-bond donors (Lipinski definition) is 1. The number of rotatable bonds is 4. The first kappa shape index (κ1) is 12.4. The summed E-state index contributed by atoms with van der Waals surface area (Å²) < 4.78 is 0. The molecule has 1 aromatic heterocycles. The number of anilines is 2. The molecular formula is C14H18N4S. The van der Waals surface area contributed by atoms with E-state index in [-0.39, 0.29) is 0 Å². The number of nitrogens with two attached hydrogens (primary N) is 1. The largest absolute Gasteiger partial charge is 0.399 e. The number of hydrogen-bond acceptors (Lipinski definition) is 5. The van der Waals surface area contributed by atoms with E-state index in [0.29, 0.717) is 0 Å². The van der Waals surface area contributed by atoms with Crippen molar-refractivity contribution in [2.75, 3.05) is 23.7 Å². The van der Waals surface area contributed by atoms with E-state index in [1.54, 1.807) is 11.3 Å². The Morgan fingerprint density at radius 2 is 1.79 bits per heavy atom. The Balaban J connectivity index is 1.59. The molecule has 19 heavy (non-hydrogen) atoms. The molecule has 4 nitrogen and oxygen atoms in total. The van der Waals surface area contributed by atoms with Crippen LogP contribution in [0.2, 0.25) is 0 Å². The molecule has 2 heterocycles. The lowest BCUT2D eigenvalue weighted by atomic mass is 10.1. The van der Waals surface area contributed by atoms with E-state index in [0.717, 1.165) is 41.8 Å². The lowest BCUT2D eigenvalue weighted by Crippen LogP contribution is -2.17. The average Bonchev–Trinajstić information content (AvgIpc) is 3.09. The van der Waals surface area contributed by atoms with Gasteiger partial charge < -0.3 is 10.6 Å². The number of nitrogens with zero attached hydrogens (tertiary/aromatic N) is 3. The Labute approximate surface area is 117 Å². The van der Waals surface area contributed by atoms with Crippen LogP contribution in [-0.4, -0.2) is 23.3 Å². The van der Waals surface area contributed by atoms with E-state index in [2.05, 4.69) is 27.2 Å². The van der Waals surface area contributed by atoms with Crippen LogP contribution >= 0.6 is 11.3 Å². The second kappa shape index (κ2) is 5.57. The van der Waals surface area contributed by atoms with Gasteiger partial charge in [0.1, 0.15) is 5.01 Å². The van der Waals surface area contributed by atoms with E-state index in [1.807, 2.05) is 12.1 Å². The molecule has 1 aliphatic rings. The van der Waals surface area contributed by atoms with E-state index in [9.17, 15) is 0 Å². The maximum absolute atomic E-state index is 5.68. The molecule has 0 saturated carbocycles. The molecule has 1 aliphatic heterocycles. The maximum atomic E-state index is 5.68. The van der Waals surface area contributed by atoms with Gasteiger partial charge in [-0.3, -0.25) is 0 Å². The fourth-order valence-corrected chi connectivity index (χ4v) is 3.21. The normalized spacial score (nSPS) is 15.1. The molecule has 0 atom stereocenters. The third-order valence-corrected chi connectivity index (χ3v) is 4.48. The number of nitrogen functional groups attached to an aromatic ring is 1. The Kier molecular flexibility index (Phi) is 3.64. The molecule has 1 fully saturated rings. The van der Waals surface area contributed by atoms with Crippen molar-refractivity contribution in [2.45, 2.75) is 25.7 Å². The van der Waals surface area contributed by atoms with Crippen molar-refractivity contribution in [1.29, 1.82) is 0 Å². The molecule has 0 amide bonds. The van der Waals surface area contributed by atoms with Crippen LogP contribution in [0.1, 0.15) is 23.4 Å². The van der Waals surface area contributed by atoms with E-state index >= 15 is 0 Å². The molecule has 0 aliphatic carbocycles. The van der Waals surface area contributed by atoms with Gasteiger partial charge in [0, 0.05) is 25.2 Å². The van der Waals surface area contributed by atoms with Crippen LogP contribution in [0.15, 0.2) is 24.3 Å². The molecule has 3 rings (SSSR count). The Morgan fingerprint density at radius 3 is 2.53 bits per heavy atom. The summed E-state index contributed by atoms with van der Waals surface area (Å²) >= 11 is 1.73. The summed E-state index contributed by atoms with van der Waals surface area (Å²) in [5.74, 6) is 0. The van der Waals surface area contributed by atoms with Crippen LogP contribution < -0.4 is 10.6 Å². The molecular weight excluding hydrogens is 256 g/mol. The fraction of sp³-hybridized carbons (Fsp3) is 0.429. The summed E-state index contributed by atoms with van der Waals surface area (Å²) in [6.07, 6.45) is 4.50. The second-order valence-electron chi connectivity index (χ2n) is 4.91. The van der Waals surface area contributed by atoms with Crippen molar-refractivity contribution in [3.8, 4) is 0 Å². The molecule has 5 heteroatoms. The molecule has 0 bridgehead atoms. The van der Waals surface area contributed by atoms with E-state index < -0.39 is 0 Å². The van der Waals surface area contributed by atoms with Crippen LogP contribution in [-0.2, 0) is 12.8 Å². The van der Waals surface area contributed by atoms with Gasteiger partial charge in [-0.2, -0.15) is 0 Å². The summed E-state index contributed by atoms with van der Waals surface area (Å²) in [6.45, 7) is 2.26. The van der Waals surface area contributed by atoms with Gasteiger partial charge in [-0.1, -0.05) is 23.5 Å². The highest BCUT2D eigenvalue weighted by molar-refractivity contribution is 7.15. The van der Waals surface area contributed by atoms with Crippen LogP contribution in [0.5, 0.6) is 0 Å². The van der Waals surface area contributed by atoms with Crippen molar-refractivity contribution >= 4 is 22.2 Å². The highest BCUT2D eigenvalue weighted by Crippen LogP contribution is 2.24. The first-order valence-electron chi connectivity index (χ1n) is 6.73. The van der Waals surface area contributed by atoms with Gasteiger partial charge in [0.05, 0.1) is 0 Å². The predicted molar refractivity (Wildman–Crippen MR) is 79.6 cm³/mol. The van der Waals surface area contributed by atoms with Crippen LogP contribution in [0.4, 0.5) is 10.8 Å². The molecule has 2 aromatic rings. The van der Waals surface area contributed by atoms with Gasteiger partial charge in [-0.05, 0) is 37.0 Å². The fourth-order valence-electron chi connectivity index (χ4n) is 2.32.